The summed E-state index contributed by atoms with van der Waals surface area (Å²) in [6.07, 6.45) is 5.85. The first-order valence-electron chi connectivity index (χ1n) is 6.35. The molecule has 0 bridgehead atoms. The number of fused-ring (bicyclic) bond motifs is 1. The molecule has 3 heterocycles. The highest BCUT2D eigenvalue weighted by atomic mass is 16.2. The molecular formula is C14H17N3O. The molecule has 4 heteroatoms. The van der Waals surface area contributed by atoms with Gasteiger partial charge in [0.05, 0.1) is 5.56 Å². The molecule has 1 amide bonds. The summed E-state index contributed by atoms with van der Waals surface area (Å²) in [7, 11) is 0. The van der Waals surface area contributed by atoms with Gasteiger partial charge in [-0.05, 0) is 31.0 Å². The number of hydrogen-bond acceptors (Lipinski definition) is 2. The smallest absolute Gasteiger partial charge is 0.255 e. The fourth-order valence-corrected chi connectivity index (χ4v) is 2.55. The maximum absolute atomic E-state index is 12.4. The average Bonchev–Trinajstić information content (AvgIpc) is 2.81. The first kappa shape index (κ1) is 11.3. The predicted octanol–water partition coefficient (Wildman–Crippen LogP) is 1.50. The Morgan fingerprint density at radius 3 is 3.06 bits per heavy atom. The molecule has 0 saturated carbocycles. The second-order valence-electron chi connectivity index (χ2n) is 4.92. The molecule has 94 valence electrons. The highest BCUT2D eigenvalue weighted by Gasteiger charge is 2.22. The number of amides is 1. The van der Waals surface area contributed by atoms with Crippen LogP contribution in [0, 0.1) is 0 Å². The van der Waals surface area contributed by atoms with Gasteiger partial charge in [0.15, 0.2) is 0 Å². The zero-order valence-corrected chi connectivity index (χ0v) is 10.2. The van der Waals surface area contributed by atoms with Crippen LogP contribution in [0.25, 0.3) is 5.52 Å². The molecule has 18 heavy (non-hydrogen) atoms. The summed E-state index contributed by atoms with van der Waals surface area (Å²) in [4.78, 5) is 14.2. The van der Waals surface area contributed by atoms with Gasteiger partial charge in [-0.1, -0.05) is 6.07 Å². The lowest BCUT2D eigenvalue weighted by atomic mass is 10.1. The maximum Gasteiger partial charge on any atom is 0.255 e. The lowest BCUT2D eigenvalue weighted by Crippen LogP contribution is -2.45. The van der Waals surface area contributed by atoms with Crippen molar-refractivity contribution in [2.45, 2.75) is 18.9 Å². The zero-order valence-electron chi connectivity index (χ0n) is 10.2. The second kappa shape index (κ2) is 4.46. The van der Waals surface area contributed by atoms with Gasteiger partial charge in [-0.3, -0.25) is 4.79 Å². The summed E-state index contributed by atoms with van der Waals surface area (Å²) in [5.41, 5.74) is 7.71. The first-order chi connectivity index (χ1) is 8.74. The number of pyridine rings is 1. The van der Waals surface area contributed by atoms with Crippen molar-refractivity contribution >= 4 is 11.4 Å². The summed E-state index contributed by atoms with van der Waals surface area (Å²) in [6, 6.07) is 7.99. The number of carbonyl (C=O) groups is 1. The van der Waals surface area contributed by atoms with E-state index >= 15 is 0 Å². The first-order valence-corrected chi connectivity index (χ1v) is 6.35. The summed E-state index contributed by atoms with van der Waals surface area (Å²) < 4.78 is 1.97. The van der Waals surface area contributed by atoms with Gasteiger partial charge in [0, 0.05) is 37.0 Å². The van der Waals surface area contributed by atoms with Gasteiger partial charge in [-0.15, -0.1) is 0 Å². The van der Waals surface area contributed by atoms with Crippen molar-refractivity contribution in [1.29, 1.82) is 0 Å². The Hall–Kier alpha value is -1.81. The molecule has 0 spiro atoms. The largest absolute Gasteiger partial charge is 0.337 e. The van der Waals surface area contributed by atoms with Crippen LogP contribution < -0.4 is 5.73 Å². The Balaban J connectivity index is 1.87. The van der Waals surface area contributed by atoms with Gasteiger partial charge >= 0.3 is 0 Å². The molecule has 1 fully saturated rings. The van der Waals surface area contributed by atoms with Crippen molar-refractivity contribution in [3.63, 3.8) is 0 Å². The van der Waals surface area contributed by atoms with E-state index in [9.17, 15) is 4.79 Å². The lowest BCUT2D eigenvalue weighted by molar-refractivity contribution is 0.0709. The quantitative estimate of drug-likeness (QED) is 0.825. The Kier molecular flexibility index (Phi) is 2.80. The third-order valence-electron chi connectivity index (χ3n) is 3.50. The van der Waals surface area contributed by atoms with Crippen molar-refractivity contribution < 1.29 is 4.79 Å². The van der Waals surface area contributed by atoms with Crippen molar-refractivity contribution in [2.75, 3.05) is 13.1 Å². The van der Waals surface area contributed by atoms with Crippen LogP contribution in [0.3, 0.4) is 0 Å². The molecule has 2 N–H and O–H groups in total. The Bertz CT molecular complexity index is 542. The number of rotatable bonds is 1. The monoisotopic (exact) mass is 243 g/mol. The number of nitrogens with two attached hydrogens (primary N) is 1. The van der Waals surface area contributed by atoms with Crippen LogP contribution in [0.4, 0.5) is 0 Å². The molecule has 4 nitrogen and oxygen atoms in total. The van der Waals surface area contributed by atoms with Crippen LogP contribution in [-0.4, -0.2) is 34.3 Å². The Morgan fingerprint density at radius 2 is 2.28 bits per heavy atom. The standard InChI is InChI=1S/C14H17N3O/c15-12-4-3-7-17(10-12)14(18)11-8-13-5-1-2-6-16(13)9-11/h1-2,5-6,8-9,12H,3-4,7,10,15H2/t12-/m0/s1. The Labute approximate surface area is 106 Å². The molecule has 1 saturated heterocycles. The number of carbonyl (C=O) groups excluding carboxylic acids is 1. The van der Waals surface area contributed by atoms with Gasteiger partial charge in [-0.2, -0.15) is 0 Å². The van der Waals surface area contributed by atoms with E-state index < -0.39 is 0 Å². The zero-order chi connectivity index (χ0) is 12.5. The van der Waals surface area contributed by atoms with Crippen LogP contribution in [0.1, 0.15) is 23.2 Å². The molecule has 1 atom stereocenters. The summed E-state index contributed by atoms with van der Waals surface area (Å²) in [6.45, 7) is 1.49. The molecule has 0 aliphatic carbocycles. The fraction of sp³-hybridized carbons (Fsp3) is 0.357. The highest BCUT2D eigenvalue weighted by molar-refractivity contribution is 5.95. The number of aromatic nitrogens is 1. The normalized spacial score (nSPS) is 20.3. The molecule has 2 aromatic rings. The van der Waals surface area contributed by atoms with Crippen LogP contribution in [0.15, 0.2) is 36.7 Å². The number of likely N-dealkylation sites (tertiary alicyclic amines) is 1. The fourth-order valence-electron chi connectivity index (χ4n) is 2.55. The van der Waals surface area contributed by atoms with E-state index in [2.05, 4.69) is 0 Å². The average molecular weight is 243 g/mol. The van der Waals surface area contributed by atoms with E-state index in [0.717, 1.165) is 30.5 Å². The van der Waals surface area contributed by atoms with Crippen LogP contribution in [-0.2, 0) is 0 Å². The van der Waals surface area contributed by atoms with E-state index in [0.29, 0.717) is 6.54 Å². The van der Waals surface area contributed by atoms with Crippen molar-refractivity contribution in [3.8, 4) is 0 Å². The maximum atomic E-state index is 12.4. The van der Waals surface area contributed by atoms with E-state index in [1.165, 1.54) is 0 Å². The summed E-state index contributed by atoms with van der Waals surface area (Å²) >= 11 is 0. The van der Waals surface area contributed by atoms with Gasteiger partial charge in [-0.25, -0.2) is 0 Å². The van der Waals surface area contributed by atoms with Gasteiger partial charge in [0.25, 0.3) is 5.91 Å². The highest BCUT2D eigenvalue weighted by Crippen LogP contribution is 2.15. The van der Waals surface area contributed by atoms with Gasteiger partial charge < -0.3 is 15.0 Å². The Morgan fingerprint density at radius 1 is 1.39 bits per heavy atom. The van der Waals surface area contributed by atoms with E-state index in [-0.39, 0.29) is 11.9 Å². The second-order valence-corrected chi connectivity index (χ2v) is 4.92. The van der Waals surface area contributed by atoms with E-state index in [1.54, 1.807) is 0 Å². The minimum Gasteiger partial charge on any atom is -0.337 e. The minimum absolute atomic E-state index is 0.0915. The summed E-state index contributed by atoms with van der Waals surface area (Å²) in [5, 5.41) is 0. The number of piperidine rings is 1. The lowest BCUT2D eigenvalue weighted by Gasteiger charge is -2.30. The minimum atomic E-state index is 0.0915. The van der Waals surface area contributed by atoms with Crippen molar-refractivity contribution in [1.82, 2.24) is 9.30 Å². The van der Waals surface area contributed by atoms with Gasteiger partial charge in [0.2, 0.25) is 0 Å². The molecule has 0 radical (unpaired) electrons. The predicted molar refractivity (Wildman–Crippen MR) is 70.5 cm³/mol. The third-order valence-corrected chi connectivity index (χ3v) is 3.50. The van der Waals surface area contributed by atoms with Crippen molar-refractivity contribution in [2.24, 2.45) is 5.73 Å². The SMILES string of the molecule is N[C@H]1CCCN(C(=O)c2cc3ccccn3c2)C1. The third kappa shape index (κ3) is 1.99. The molecule has 3 rings (SSSR count). The summed E-state index contributed by atoms with van der Waals surface area (Å²) in [5.74, 6) is 0.0915. The molecular weight excluding hydrogens is 226 g/mol. The molecule has 0 unspecified atom stereocenters. The van der Waals surface area contributed by atoms with Crippen LogP contribution in [0.5, 0.6) is 0 Å². The molecule has 0 aromatic carbocycles. The van der Waals surface area contributed by atoms with Gasteiger partial charge in [0.1, 0.15) is 0 Å². The molecule has 1 aliphatic heterocycles. The molecule has 2 aromatic heterocycles. The topological polar surface area (TPSA) is 50.7 Å². The number of hydrogen-bond donors (Lipinski definition) is 1. The number of nitrogens with zero attached hydrogens (tertiary/aromatic N) is 2. The van der Waals surface area contributed by atoms with E-state index in [4.69, 9.17) is 5.73 Å². The molecule has 1 aliphatic rings. The van der Waals surface area contributed by atoms with Crippen molar-refractivity contribution in [3.05, 3.63) is 42.2 Å². The van der Waals surface area contributed by atoms with Crippen LogP contribution >= 0.6 is 0 Å². The van der Waals surface area contributed by atoms with E-state index in [1.807, 2.05) is 46.0 Å². The van der Waals surface area contributed by atoms with Crippen LogP contribution in [0.2, 0.25) is 0 Å².